The van der Waals surface area contributed by atoms with E-state index in [4.69, 9.17) is 10.2 Å². The van der Waals surface area contributed by atoms with Gasteiger partial charge in [-0.15, -0.1) is 0 Å². The van der Waals surface area contributed by atoms with Crippen LogP contribution in [0.4, 0.5) is 0 Å². The summed E-state index contributed by atoms with van der Waals surface area (Å²) in [7, 11) is 0. The lowest BCUT2D eigenvalue weighted by atomic mass is 9.98. The molecule has 0 spiro atoms. The molecular formula is C13H20N2O2. The lowest BCUT2D eigenvalue weighted by Gasteiger charge is -2.30. The van der Waals surface area contributed by atoms with E-state index in [-0.39, 0.29) is 5.91 Å². The maximum Gasteiger partial charge on any atom is 0.243 e. The zero-order chi connectivity index (χ0) is 12.5. The van der Waals surface area contributed by atoms with Gasteiger partial charge in [0, 0.05) is 6.04 Å². The van der Waals surface area contributed by atoms with Gasteiger partial charge in [0.1, 0.15) is 5.76 Å². The van der Waals surface area contributed by atoms with E-state index in [2.05, 4.69) is 0 Å². The molecule has 4 nitrogen and oxygen atoms in total. The van der Waals surface area contributed by atoms with Crippen molar-refractivity contribution in [3.05, 3.63) is 24.2 Å². The number of nitrogens with two attached hydrogens (primary N) is 1. The van der Waals surface area contributed by atoms with Gasteiger partial charge in [0.05, 0.1) is 18.3 Å². The van der Waals surface area contributed by atoms with Crippen molar-refractivity contribution >= 4 is 5.91 Å². The molecule has 1 amide bonds. The first-order valence-corrected chi connectivity index (χ1v) is 6.17. The molecular weight excluding hydrogens is 216 g/mol. The summed E-state index contributed by atoms with van der Waals surface area (Å²) in [6.07, 6.45) is 4.43. The number of furan rings is 1. The molecule has 0 aliphatic heterocycles. The lowest BCUT2D eigenvalue weighted by molar-refractivity contribution is -0.138. The van der Waals surface area contributed by atoms with Gasteiger partial charge >= 0.3 is 0 Å². The Balaban J connectivity index is 2.10. The van der Waals surface area contributed by atoms with Crippen LogP contribution >= 0.6 is 0 Å². The van der Waals surface area contributed by atoms with Gasteiger partial charge in [0.25, 0.3) is 0 Å². The molecule has 0 bridgehead atoms. The molecule has 1 aromatic rings. The number of rotatable bonds is 5. The van der Waals surface area contributed by atoms with Crippen molar-refractivity contribution in [3.8, 4) is 0 Å². The Hall–Kier alpha value is -1.29. The number of carbonyl (C=O) groups is 1. The molecule has 2 N–H and O–H groups in total. The predicted octanol–water partition coefficient (Wildman–Crippen LogP) is 1.90. The number of amides is 1. The second kappa shape index (κ2) is 4.53. The molecule has 1 aromatic heterocycles. The van der Waals surface area contributed by atoms with E-state index >= 15 is 0 Å². The molecule has 1 aliphatic rings. The van der Waals surface area contributed by atoms with E-state index in [0.29, 0.717) is 19.0 Å². The summed E-state index contributed by atoms with van der Waals surface area (Å²) in [6, 6.07) is 4.08. The van der Waals surface area contributed by atoms with Crippen LogP contribution in [0.3, 0.4) is 0 Å². The third kappa shape index (κ3) is 2.69. The van der Waals surface area contributed by atoms with Crippen molar-refractivity contribution in [2.75, 3.05) is 0 Å². The highest BCUT2D eigenvalue weighted by atomic mass is 16.3. The van der Waals surface area contributed by atoms with Crippen LogP contribution in [0, 0.1) is 0 Å². The largest absolute Gasteiger partial charge is 0.467 e. The number of hydrogen-bond donors (Lipinski definition) is 1. The molecule has 0 saturated heterocycles. The van der Waals surface area contributed by atoms with E-state index < -0.39 is 5.54 Å². The Morgan fingerprint density at radius 3 is 2.82 bits per heavy atom. The molecule has 94 valence electrons. The van der Waals surface area contributed by atoms with Crippen molar-refractivity contribution in [2.45, 2.75) is 51.2 Å². The van der Waals surface area contributed by atoms with E-state index in [1.54, 1.807) is 13.2 Å². The third-order valence-corrected chi connectivity index (χ3v) is 3.38. The quantitative estimate of drug-likeness (QED) is 0.849. The Morgan fingerprint density at radius 2 is 2.35 bits per heavy atom. The third-order valence-electron chi connectivity index (χ3n) is 3.38. The molecule has 4 heteroatoms. The summed E-state index contributed by atoms with van der Waals surface area (Å²) in [4.78, 5) is 14.2. The van der Waals surface area contributed by atoms with Crippen LogP contribution < -0.4 is 5.73 Å². The maximum absolute atomic E-state index is 12.4. The Morgan fingerprint density at radius 1 is 1.65 bits per heavy atom. The normalized spacial score (nSPS) is 18.8. The summed E-state index contributed by atoms with van der Waals surface area (Å²) >= 11 is 0. The summed E-state index contributed by atoms with van der Waals surface area (Å²) < 4.78 is 5.30. The first-order valence-electron chi connectivity index (χ1n) is 6.17. The second-order valence-corrected chi connectivity index (χ2v) is 5.01. The Labute approximate surface area is 102 Å². The standard InChI is InChI=1S/C13H20N2O2/c1-3-13(2,14)12(16)15(10-6-7-10)9-11-5-4-8-17-11/h4-5,8,10H,3,6-7,9,14H2,1-2H3. The average Bonchev–Trinajstić information content (AvgIpc) is 3.03. The molecule has 1 unspecified atom stereocenters. The van der Waals surface area contributed by atoms with Gasteiger partial charge in [-0.3, -0.25) is 4.79 Å². The van der Waals surface area contributed by atoms with Crippen molar-refractivity contribution in [3.63, 3.8) is 0 Å². The highest BCUT2D eigenvalue weighted by molar-refractivity contribution is 5.86. The summed E-state index contributed by atoms with van der Waals surface area (Å²) in [5.41, 5.74) is 5.26. The van der Waals surface area contributed by atoms with E-state index in [9.17, 15) is 4.79 Å². The van der Waals surface area contributed by atoms with Gasteiger partial charge in [0.15, 0.2) is 0 Å². The molecule has 1 atom stereocenters. The minimum Gasteiger partial charge on any atom is -0.467 e. The number of nitrogens with zero attached hydrogens (tertiary/aromatic N) is 1. The van der Waals surface area contributed by atoms with Crippen LogP contribution in [0.15, 0.2) is 22.8 Å². The fourth-order valence-electron chi connectivity index (χ4n) is 1.80. The zero-order valence-electron chi connectivity index (χ0n) is 10.5. The molecule has 0 radical (unpaired) electrons. The van der Waals surface area contributed by atoms with Crippen molar-refractivity contribution in [1.29, 1.82) is 0 Å². The van der Waals surface area contributed by atoms with Crippen LogP contribution in [0.25, 0.3) is 0 Å². The van der Waals surface area contributed by atoms with Gasteiger partial charge in [-0.05, 0) is 38.3 Å². The Kier molecular flexibility index (Phi) is 3.24. The average molecular weight is 236 g/mol. The number of hydrogen-bond acceptors (Lipinski definition) is 3. The monoisotopic (exact) mass is 236 g/mol. The van der Waals surface area contributed by atoms with Crippen LogP contribution in [-0.2, 0) is 11.3 Å². The summed E-state index contributed by atoms with van der Waals surface area (Å²) in [5.74, 6) is 0.844. The molecule has 1 aliphatic carbocycles. The van der Waals surface area contributed by atoms with Gasteiger partial charge in [0.2, 0.25) is 5.91 Å². The fraction of sp³-hybridized carbons (Fsp3) is 0.615. The molecule has 1 heterocycles. The van der Waals surface area contributed by atoms with Crippen molar-refractivity contribution < 1.29 is 9.21 Å². The highest BCUT2D eigenvalue weighted by Gasteiger charge is 2.39. The van der Waals surface area contributed by atoms with Crippen molar-refractivity contribution in [2.24, 2.45) is 5.73 Å². The molecule has 1 fully saturated rings. The fourth-order valence-corrected chi connectivity index (χ4v) is 1.80. The van der Waals surface area contributed by atoms with Crippen LogP contribution in [0.2, 0.25) is 0 Å². The van der Waals surface area contributed by atoms with E-state index in [1.165, 1.54) is 0 Å². The van der Waals surface area contributed by atoms with Crippen LogP contribution in [-0.4, -0.2) is 22.4 Å². The van der Waals surface area contributed by atoms with Gasteiger partial charge < -0.3 is 15.1 Å². The van der Waals surface area contributed by atoms with Crippen LogP contribution in [0.1, 0.15) is 38.9 Å². The van der Waals surface area contributed by atoms with Gasteiger partial charge in [-0.1, -0.05) is 6.92 Å². The van der Waals surface area contributed by atoms with Gasteiger partial charge in [-0.25, -0.2) is 0 Å². The van der Waals surface area contributed by atoms with Gasteiger partial charge in [-0.2, -0.15) is 0 Å². The predicted molar refractivity (Wildman–Crippen MR) is 65.2 cm³/mol. The zero-order valence-corrected chi connectivity index (χ0v) is 10.5. The SMILES string of the molecule is CCC(C)(N)C(=O)N(Cc1ccco1)C1CC1. The Bertz CT molecular complexity index is 380. The van der Waals surface area contributed by atoms with Crippen molar-refractivity contribution in [1.82, 2.24) is 4.90 Å². The molecule has 0 aromatic carbocycles. The maximum atomic E-state index is 12.4. The second-order valence-electron chi connectivity index (χ2n) is 5.01. The topological polar surface area (TPSA) is 59.5 Å². The smallest absolute Gasteiger partial charge is 0.243 e. The molecule has 1 saturated carbocycles. The minimum absolute atomic E-state index is 0.0268. The van der Waals surface area contributed by atoms with E-state index in [1.807, 2.05) is 24.0 Å². The lowest BCUT2D eigenvalue weighted by Crippen LogP contribution is -2.53. The highest BCUT2D eigenvalue weighted by Crippen LogP contribution is 2.30. The first-order chi connectivity index (χ1) is 8.04. The van der Waals surface area contributed by atoms with E-state index in [0.717, 1.165) is 18.6 Å². The summed E-state index contributed by atoms with van der Waals surface area (Å²) in [5, 5.41) is 0. The summed E-state index contributed by atoms with van der Waals surface area (Å²) in [6.45, 7) is 4.27. The van der Waals surface area contributed by atoms with Crippen LogP contribution in [0.5, 0.6) is 0 Å². The molecule has 2 rings (SSSR count). The first kappa shape index (κ1) is 12.2. The molecule has 17 heavy (non-hydrogen) atoms. The minimum atomic E-state index is -0.769. The number of carbonyl (C=O) groups excluding carboxylic acids is 1.